The summed E-state index contributed by atoms with van der Waals surface area (Å²) in [6.07, 6.45) is 2.39. The van der Waals surface area contributed by atoms with Crippen LogP contribution in [0.3, 0.4) is 0 Å². The minimum absolute atomic E-state index is 0.220. The van der Waals surface area contributed by atoms with Gasteiger partial charge in [-0.25, -0.2) is 0 Å². The molecule has 0 aliphatic heterocycles. The molecular weight excluding hydrogens is 228 g/mol. The molecule has 1 unspecified atom stereocenters. The summed E-state index contributed by atoms with van der Waals surface area (Å²) in [5.41, 5.74) is 3.12. The van der Waals surface area contributed by atoms with Gasteiger partial charge in [0.25, 0.3) is 0 Å². The first-order valence-electron chi connectivity index (χ1n) is 7.24. The molecular formula is C19H24. The molecule has 0 aliphatic rings. The van der Waals surface area contributed by atoms with Gasteiger partial charge in [-0.05, 0) is 35.3 Å². The van der Waals surface area contributed by atoms with Crippen LogP contribution < -0.4 is 0 Å². The van der Waals surface area contributed by atoms with Crippen LogP contribution in [0, 0.1) is 0 Å². The summed E-state index contributed by atoms with van der Waals surface area (Å²) in [5, 5.41) is 0. The minimum Gasteiger partial charge on any atom is -0.0648 e. The molecule has 0 N–H and O–H groups in total. The van der Waals surface area contributed by atoms with Gasteiger partial charge in [-0.3, -0.25) is 0 Å². The van der Waals surface area contributed by atoms with Crippen molar-refractivity contribution >= 4 is 0 Å². The van der Waals surface area contributed by atoms with Crippen molar-refractivity contribution in [2.24, 2.45) is 0 Å². The van der Waals surface area contributed by atoms with E-state index in [0.717, 1.165) is 0 Å². The van der Waals surface area contributed by atoms with E-state index < -0.39 is 0 Å². The lowest BCUT2D eigenvalue weighted by Crippen LogP contribution is -2.20. The zero-order valence-electron chi connectivity index (χ0n) is 12.3. The van der Waals surface area contributed by atoms with Gasteiger partial charge < -0.3 is 0 Å². The SMILES string of the molecule is CCC(CC(C)(C)c1ccccc1)c1ccccc1. The first kappa shape index (κ1) is 13.9. The van der Waals surface area contributed by atoms with Crippen molar-refractivity contribution in [3.63, 3.8) is 0 Å². The highest BCUT2D eigenvalue weighted by Gasteiger charge is 2.25. The van der Waals surface area contributed by atoms with Crippen LogP contribution in [0.4, 0.5) is 0 Å². The molecule has 0 nitrogen and oxygen atoms in total. The zero-order chi connectivity index (χ0) is 13.7. The molecule has 0 saturated carbocycles. The van der Waals surface area contributed by atoms with Crippen LogP contribution in [-0.4, -0.2) is 0 Å². The third kappa shape index (κ3) is 3.47. The van der Waals surface area contributed by atoms with Gasteiger partial charge in [0.05, 0.1) is 0 Å². The minimum atomic E-state index is 0.220. The summed E-state index contributed by atoms with van der Waals surface area (Å²) in [5.74, 6) is 0.636. The van der Waals surface area contributed by atoms with Crippen molar-refractivity contribution < 1.29 is 0 Å². The van der Waals surface area contributed by atoms with Crippen LogP contribution in [0.5, 0.6) is 0 Å². The number of benzene rings is 2. The van der Waals surface area contributed by atoms with Crippen molar-refractivity contribution in [1.82, 2.24) is 0 Å². The molecule has 19 heavy (non-hydrogen) atoms. The van der Waals surface area contributed by atoms with Gasteiger partial charge in [0.15, 0.2) is 0 Å². The van der Waals surface area contributed by atoms with Gasteiger partial charge in [-0.1, -0.05) is 81.4 Å². The lowest BCUT2D eigenvalue weighted by Gasteiger charge is -2.30. The lowest BCUT2D eigenvalue weighted by molar-refractivity contribution is 0.417. The van der Waals surface area contributed by atoms with E-state index in [0.29, 0.717) is 5.92 Å². The Bertz CT molecular complexity index is 482. The highest BCUT2D eigenvalue weighted by atomic mass is 14.3. The van der Waals surface area contributed by atoms with Crippen LogP contribution in [0.1, 0.15) is 50.7 Å². The molecule has 0 aliphatic carbocycles. The average Bonchev–Trinajstić information content (AvgIpc) is 2.47. The second kappa shape index (κ2) is 6.06. The fourth-order valence-corrected chi connectivity index (χ4v) is 2.85. The molecule has 0 heterocycles. The molecule has 0 radical (unpaired) electrons. The van der Waals surface area contributed by atoms with Gasteiger partial charge in [-0.15, -0.1) is 0 Å². The summed E-state index contributed by atoms with van der Waals surface area (Å²) in [6.45, 7) is 7.00. The molecule has 0 saturated heterocycles. The monoisotopic (exact) mass is 252 g/mol. The van der Waals surface area contributed by atoms with Crippen molar-refractivity contribution in [2.75, 3.05) is 0 Å². The Morgan fingerprint density at radius 2 is 1.37 bits per heavy atom. The van der Waals surface area contributed by atoms with E-state index in [1.54, 1.807) is 0 Å². The maximum Gasteiger partial charge on any atom is -0.00977 e. The quantitative estimate of drug-likeness (QED) is 0.654. The van der Waals surface area contributed by atoms with Crippen LogP contribution in [0.15, 0.2) is 60.7 Å². The molecule has 2 rings (SSSR count). The van der Waals surface area contributed by atoms with Gasteiger partial charge >= 0.3 is 0 Å². The van der Waals surface area contributed by atoms with Crippen molar-refractivity contribution in [3.05, 3.63) is 71.8 Å². The van der Waals surface area contributed by atoms with E-state index in [9.17, 15) is 0 Å². The fraction of sp³-hybridized carbons (Fsp3) is 0.368. The van der Waals surface area contributed by atoms with E-state index in [-0.39, 0.29) is 5.41 Å². The number of rotatable bonds is 5. The molecule has 100 valence electrons. The zero-order valence-corrected chi connectivity index (χ0v) is 12.3. The Morgan fingerprint density at radius 1 is 0.842 bits per heavy atom. The molecule has 0 fully saturated rings. The average molecular weight is 252 g/mol. The molecule has 0 bridgehead atoms. The van der Waals surface area contributed by atoms with E-state index in [2.05, 4.69) is 81.4 Å². The van der Waals surface area contributed by atoms with E-state index in [1.807, 2.05) is 0 Å². The van der Waals surface area contributed by atoms with Gasteiger partial charge in [0.1, 0.15) is 0 Å². The van der Waals surface area contributed by atoms with Crippen LogP contribution in [-0.2, 0) is 5.41 Å². The summed E-state index contributed by atoms with van der Waals surface area (Å²) in [4.78, 5) is 0. The Balaban J connectivity index is 2.19. The van der Waals surface area contributed by atoms with E-state index >= 15 is 0 Å². The van der Waals surface area contributed by atoms with E-state index in [4.69, 9.17) is 0 Å². The number of hydrogen-bond donors (Lipinski definition) is 0. The molecule has 0 aromatic heterocycles. The lowest BCUT2D eigenvalue weighted by atomic mass is 9.74. The third-order valence-corrected chi connectivity index (χ3v) is 4.08. The van der Waals surface area contributed by atoms with Gasteiger partial charge in [-0.2, -0.15) is 0 Å². The number of hydrogen-bond acceptors (Lipinski definition) is 0. The maximum atomic E-state index is 2.36. The van der Waals surface area contributed by atoms with Crippen molar-refractivity contribution in [2.45, 2.75) is 44.9 Å². The highest BCUT2D eigenvalue weighted by Crippen LogP contribution is 2.36. The highest BCUT2D eigenvalue weighted by molar-refractivity contribution is 5.26. The molecule has 2 aromatic rings. The summed E-state index contributed by atoms with van der Waals surface area (Å²) in [6, 6.07) is 21.8. The molecule has 1 atom stereocenters. The predicted molar refractivity (Wildman–Crippen MR) is 83.6 cm³/mol. The maximum absolute atomic E-state index is 2.36. The van der Waals surface area contributed by atoms with E-state index in [1.165, 1.54) is 24.0 Å². The van der Waals surface area contributed by atoms with Crippen molar-refractivity contribution in [1.29, 1.82) is 0 Å². The molecule has 0 spiro atoms. The Labute approximate surface area is 117 Å². The normalized spacial score (nSPS) is 13.2. The Hall–Kier alpha value is -1.56. The fourth-order valence-electron chi connectivity index (χ4n) is 2.85. The summed E-state index contributed by atoms with van der Waals surface area (Å²) >= 11 is 0. The van der Waals surface area contributed by atoms with Crippen LogP contribution in [0.25, 0.3) is 0 Å². The Kier molecular flexibility index (Phi) is 4.42. The van der Waals surface area contributed by atoms with Crippen molar-refractivity contribution in [3.8, 4) is 0 Å². The molecule has 0 heteroatoms. The largest absolute Gasteiger partial charge is 0.0648 e. The van der Waals surface area contributed by atoms with Crippen LogP contribution in [0.2, 0.25) is 0 Å². The summed E-state index contributed by atoms with van der Waals surface area (Å²) in [7, 11) is 0. The first-order chi connectivity index (χ1) is 9.13. The topological polar surface area (TPSA) is 0 Å². The summed E-state index contributed by atoms with van der Waals surface area (Å²) < 4.78 is 0. The second-order valence-electron chi connectivity index (χ2n) is 5.97. The smallest absolute Gasteiger partial charge is 0.00977 e. The van der Waals surface area contributed by atoms with Gasteiger partial charge in [0, 0.05) is 0 Å². The van der Waals surface area contributed by atoms with Crippen LogP contribution >= 0.6 is 0 Å². The predicted octanol–water partition coefficient (Wildman–Crippen LogP) is 5.55. The Morgan fingerprint density at radius 3 is 1.89 bits per heavy atom. The standard InChI is InChI=1S/C19H24/c1-4-16(17-11-7-5-8-12-17)15-19(2,3)18-13-9-6-10-14-18/h5-14,16H,4,15H2,1-3H3. The van der Waals surface area contributed by atoms with Gasteiger partial charge in [0.2, 0.25) is 0 Å². The molecule has 2 aromatic carbocycles. The first-order valence-corrected chi connectivity index (χ1v) is 7.24. The second-order valence-corrected chi connectivity index (χ2v) is 5.97. The molecule has 0 amide bonds. The third-order valence-electron chi connectivity index (χ3n) is 4.08.